The molecule has 124 valence electrons. The van der Waals surface area contributed by atoms with Crippen molar-refractivity contribution in [2.45, 2.75) is 0 Å². The third kappa shape index (κ3) is 4.33. The number of carbonyl (C=O) groups excluding carboxylic acids is 2. The van der Waals surface area contributed by atoms with Crippen LogP contribution in [0, 0.1) is 0 Å². The van der Waals surface area contributed by atoms with Gasteiger partial charge >= 0.3 is 11.8 Å². The normalized spacial score (nSPS) is 10.2. The lowest BCUT2D eigenvalue weighted by atomic mass is 10.2. The fourth-order valence-electron chi connectivity index (χ4n) is 1.93. The van der Waals surface area contributed by atoms with E-state index >= 15 is 0 Å². The van der Waals surface area contributed by atoms with Crippen LogP contribution in [0.4, 0.5) is 5.69 Å². The average molecular weight is 327 g/mol. The van der Waals surface area contributed by atoms with E-state index in [2.05, 4.69) is 15.8 Å². The van der Waals surface area contributed by atoms with Crippen LogP contribution in [0.1, 0.15) is 5.56 Å². The summed E-state index contributed by atoms with van der Waals surface area (Å²) >= 11 is 0. The standard InChI is InChI=1S/C17H17N3O4/c1-23-14-10-6-7-12(15(14)24-2)11-18-20-17(22)16(21)19-13-8-4-3-5-9-13/h3-11H,1-2H3,(H,19,21)(H,20,22). The van der Waals surface area contributed by atoms with Crippen LogP contribution in [0.5, 0.6) is 11.5 Å². The molecule has 2 amide bonds. The number of anilines is 1. The Hall–Kier alpha value is -3.35. The summed E-state index contributed by atoms with van der Waals surface area (Å²) in [4.78, 5) is 23.5. The molecule has 0 aliphatic rings. The summed E-state index contributed by atoms with van der Waals surface area (Å²) in [6.45, 7) is 0. The summed E-state index contributed by atoms with van der Waals surface area (Å²) in [5.74, 6) is -0.672. The van der Waals surface area contributed by atoms with E-state index < -0.39 is 11.8 Å². The smallest absolute Gasteiger partial charge is 0.329 e. The molecule has 2 aromatic rings. The van der Waals surface area contributed by atoms with E-state index in [1.165, 1.54) is 20.4 Å². The molecule has 0 bridgehead atoms. The predicted octanol–water partition coefficient (Wildman–Crippen LogP) is 1.79. The second-order valence-corrected chi connectivity index (χ2v) is 4.60. The summed E-state index contributed by atoms with van der Waals surface area (Å²) in [6, 6.07) is 13.9. The van der Waals surface area contributed by atoms with Gasteiger partial charge in [0.2, 0.25) is 0 Å². The molecule has 0 saturated carbocycles. The first-order valence-corrected chi connectivity index (χ1v) is 7.06. The number of methoxy groups -OCH3 is 2. The Labute approximate surface area is 139 Å². The number of hydrogen-bond donors (Lipinski definition) is 2. The second-order valence-electron chi connectivity index (χ2n) is 4.60. The molecule has 2 rings (SSSR count). The number of hydrazone groups is 1. The van der Waals surface area contributed by atoms with Gasteiger partial charge in [0.05, 0.1) is 20.4 Å². The number of hydrogen-bond acceptors (Lipinski definition) is 5. The Morgan fingerprint density at radius 1 is 0.958 bits per heavy atom. The minimum atomic E-state index is -0.878. The highest BCUT2D eigenvalue weighted by Gasteiger charge is 2.13. The first-order chi connectivity index (χ1) is 11.7. The van der Waals surface area contributed by atoms with Gasteiger partial charge in [-0.05, 0) is 24.3 Å². The number of carbonyl (C=O) groups is 2. The van der Waals surface area contributed by atoms with E-state index in [0.29, 0.717) is 22.7 Å². The molecule has 0 spiro atoms. The van der Waals surface area contributed by atoms with Gasteiger partial charge in [0.1, 0.15) is 0 Å². The van der Waals surface area contributed by atoms with E-state index in [-0.39, 0.29) is 0 Å². The highest BCUT2D eigenvalue weighted by Crippen LogP contribution is 2.29. The molecular formula is C17H17N3O4. The van der Waals surface area contributed by atoms with Crippen molar-refractivity contribution in [2.75, 3.05) is 19.5 Å². The quantitative estimate of drug-likeness (QED) is 0.498. The minimum absolute atomic E-state index is 0.478. The molecule has 0 heterocycles. The summed E-state index contributed by atoms with van der Waals surface area (Å²) in [5, 5.41) is 6.23. The van der Waals surface area contributed by atoms with Crippen LogP contribution in [0.25, 0.3) is 0 Å². The van der Waals surface area contributed by atoms with Crippen molar-refractivity contribution in [3.05, 3.63) is 54.1 Å². The SMILES string of the molecule is COc1cccc(C=NNC(=O)C(=O)Nc2ccccc2)c1OC. The highest BCUT2D eigenvalue weighted by atomic mass is 16.5. The van der Waals surface area contributed by atoms with Gasteiger partial charge in [-0.15, -0.1) is 0 Å². The second kappa shape index (κ2) is 8.33. The van der Waals surface area contributed by atoms with Gasteiger partial charge in [-0.2, -0.15) is 5.10 Å². The third-order valence-corrected chi connectivity index (χ3v) is 3.04. The highest BCUT2D eigenvalue weighted by molar-refractivity contribution is 6.39. The van der Waals surface area contributed by atoms with Crippen LogP contribution in [-0.2, 0) is 9.59 Å². The first kappa shape index (κ1) is 17.0. The Kier molecular flexibility index (Phi) is 5.90. The molecule has 0 aliphatic carbocycles. The Bertz CT molecular complexity index is 745. The topological polar surface area (TPSA) is 89.0 Å². The summed E-state index contributed by atoms with van der Waals surface area (Å²) in [6.07, 6.45) is 1.37. The summed E-state index contributed by atoms with van der Waals surface area (Å²) in [5.41, 5.74) is 3.28. The van der Waals surface area contributed by atoms with E-state index in [0.717, 1.165) is 0 Å². The van der Waals surface area contributed by atoms with Crippen LogP contribution in [0.3, 0.4) is 0 Å². The molecule has 7 heteroatoms. The van der Waals surface area contributed by atoms with E-state index in [9.17, 15) is 9.59 Å². The maximum atomic E-state index is 11.7. The number of nitrogens with zero attached hydrogens (tertiary/aromatic N) is 1. The molecule has 0 saturated heterocycles. The van der Waals surface area contributed by atoms with E-state index in [1.54, 1.807) is 42.5 Å². The van der Waals surface area contributed by atoms with Crippen LogP contribution in [0.15, 0.2) is 53.6 Å². The van der Waals surface area contributed by atoms with Crippen molar-refractivity contribution in [2.24, 2.45) is 5.10 Å². The molecule has 2 N–H and O–H groups in total. The minimum Gasteiger partial charge on any atom is -0.493 e. The van der Waals surface area contributed by atoms with Crippen LogP contribution in [0.2, 0.25) is 0 Å². The van der Waals surface area contributed by atoms with Crippen molar-refractivity contribution < 1.29 is 19.1 Å². The Balaban J connectivity index is 1.98. The number of benzene rings is 2. The van der Waals surface area contributed by atoms with Gasteiger partial charge in [-0.3, -0.25) is 9.59 Å². The van der Waals surface area contributed by atoms with Gasteiger partial charge in [0.25, 0.3) is 0 Å². The lowest BCUT2D eigenvalue weighted by Crippen LogP contribution is -2.32. The Morgan fingerprint density at radius 3 is 2.38 bits per heavy atom. The molecule has 0 radical (unpaired) electrons. The zero-order chi connectivity index (χ0) is 17.4. The maximum absolute atomic E-state index is 11.7. The monoisotopic (exact) mass is 327 g/mol. The van der Waals surface area contributed by atoms with Crippen LogP contribution < -0.4 is 20.2 Å². The van der Waals surface area contributed by atoms with Gasteiger partial charge in [-0.25, -0.2) is 5.43 Å². The zero-order valence-electron chi connectivity index (χ0n) is 13.3. The van der Waals surface area contributed by atoms with Crippen molar-refractivity contribution >= 4 is 23.7 Å². The number of ether oxygens (including phenoxy) is 2. The van der Waals surface area contributed by atoms with Crippen LogP contribution >= 0.6 is 0 Å². The molecule has 7 nitrogen and oxygen atoms in total. The number of para-hydroxylation sites is 2. The fraction of sp³-hybridized carbons (Fsp3) is 0.118. The van der Waals surface area contributed by atoms with Crippen molar-refractivity contribution in [3.8, 4) is 11.5 Å². The average Bonchev–Trinajstić information content (AvgIpc) is 2.62. The first-order valence-electron chi connectivity index (χ1n) is 7.06. The van der Waals surface area contributed by atoms with Crippen LogP contribution in [-0.4, -0.2) is 32.2 Å². The molecule has 0 fully saturated rings. The molecule has 24 heavy (non-hydrogen) atoms. The molecular weight excluding hydrogens is 310 g/mol. The maximum Gasteiger partial charge on any atom is 0.329 e. The fourth-order valence-corrected chi connectivity index (χ4v) is 1.93. The molecule has 0 unspecified atom stereocenters. The lowest BCUT2D eigenvalue weighted by molar-refractivity contribution is -0.136. The molecule has 0 atom stereocenters. The zero-order valence-corrected chi connectivity index (χ0v) is 13.3. The number of nitrogens with one attached hydrogen (secondary N) is 2. The van der Waals surface area contributed by atoms with Crippen molar-refractivity contribution in [1.29, 1.82) is 0 Å². The van der Waals surface area contributed by atoms with Gasteiger partial charge in [-0.1, -0.05) is 24.3 Å². The molecule has 0 aliphatic heterocycles. The van der Waals surface area contributed by atoms with Crippen molar-refractivity contribution in [1.82, 2.24) is 5.43 Å². The number of rotatable bonds is 5. The van der Waals surface area contributed by atoms with E-state index in [4.69, 9.17) is 9.47 Å². The summed E-state index contributed by atoms with van der Waals surface area (Å²) < 4.78 is 10.4. The predicted molar refractivity (Wildman–Crippen MR) is 90.4 cm³/mol. The Morgan fingerprint density at radius 2 is 1.71 bits per heavy atom. The molecule has 0 aromatic heterocycles. The van der Waals surface area contributed by atoms with Gasteiger partial charge in [0.15, 0.2) is 11.5 Å². The van der Waals surface area contributed by atoms with E-state index in [1.807, 2.05) is 6.07 Å². The van der Waals surface area contributed by atoms with Gasteiger partial charge in [0, 0.05) is 11.3 Å². The third-order valence-electron chi connectivity index (χ3n) is 3.04. The lowest BCUT2D eigenvalue weighted by Gasteiger charge is -2.09. The van der Waals surface area contributed by atoms with Gasteiger partial charge < -0.3 is 14.8 Å². The van der Waals surface area contributed by atoms with Crippen molar-refractivity contribution in [3.63, 3.8) is 0 Å². The molecule has 2 aromatic carbocycles. The number of amides is 2. The largest absolute Gasteiger partial charge is 0.493 e. The summed E-state index contributed by atoms with van der Waals surface area (Å²) in [7, 11) is 3.02.